The van der Waals surface area contributed by atoms with Crippen LogP contribution in [-0.4, -0.2) is 84.8 Å². The molecule has 53 heavy (non-hydrogen) atoms. The molecule has 2 saturated heterocycles. The van der Waals surface area contributed by atoms with Crippen molar-refractivity contribution in [3.63, 3.8) is 0 Å². The topological polar surface area (TPSA) is 73.8 Å². The maximum absolute atomic E-state index is 13.4. The fraction of sp³-hybridized carbons (Fsp3) is 0.462. The van der Waals surface area contributed by atoms with Crippen LogP contribution in [0.5, 0.6) is 5.75 Å². The first-order chi connectivity index (χ1) is 25.2. The van der Waals surface area contributed by atoms with Gasteiger partial charge < -0.3 is 25.3 Å². The lowest BCUT2D eigenvalue weighted by Crippen LogP contribution is -2.55. The Balaban J connectivity index is 1.15. The molecule has 0 radical (unpaired) electrons. The van der Waals surface area contributed by atoms with Gasteiger partial charge in [-0.1, -0.05) is 24.3 Å². The Hall–Kier alpha value is -4.11. The zero-order valence-electron chi connectivity index (χ0n) is 29.9. The van der Waals surface area contributed by atoms with Gasteiger partial charge in [0.05, 0.1) is 23.3 Å². The van der Waals surface area contributed by atoms with E-state index in [-0.39, 0.29) is 36.2 Å². The SMILES string of the molecule is CC(C)Oc1ccccc1-c1cn(CCCNC(=O)C2CNCCN2)c2ccc(CN3CCN(Cc4cc(C(F)(F)F)cc(C(F)(F)F)c4)CC3)cc12. The summed E-state index contributed by atoms with van der Waals surface area (Å²) >= 11 is 0. The van der Waals surface area contributed by atoms with Crippen LogP contribution in [0.15, 0.2) is 66.9 Å². The van der Waals surface area contributed by atoms with Gasteiger partial charge in [-0.05, 0) is 67.8 Å². The predicted molar refractivity (Wildman–Crippen MR) is 192 cm³/mol. The molecule has 4 aromatic rings. The summed E-state index contributed by atoms with van der Waals surface area (Å²) in [6.45, 7) is 10.3. The van der Waals surface area contributed by atoms with Crippen molar-refractivity contribution in [2.45, 2.75) is 64.4 Å². The van der Waals surface area contributed by atoms with E-state index >= 15 is 0 Å². The number of hydrogen-bond donors (Lipinski definition) is 3. The number of aryl methyl sites for hydroxylation is 1. The highest BCUT2D eigenvalue weighted by Gasteiger charge is 2.37. The number of carbonyl (C=O) groups is 1. The molecule has 0 spiro atoms. The summed E-state index contributed by atoms with van der Waals surface area (Å²) in [5.41, 5.74) is 1.55. The second-order valence-corrected chi connectivity index (χ2v) is 14.1. The summed E-state index contributed by atoms with van der Waals surface area (Å²) in [7, 11) is 0. The fourth-order valence-corrected chi connectivity index (χ4v) is 7.04. The molecule has 3 N–H and O–H groups in total. The molecule has 2 aliphatic rings. The molecule has 0 saturated carbocycles. The van der Waals surface area contributed by atoms with Gasteiger partial charge in [0.2, 0.25) is 5.91 Å². The monoisotopic (exact) mass is 744 g/mol. The number of aromatic nitrogens is 1. The van der Waals surface area contributed by atoms with Gasteiger partial charge in [0, 0.05) is 100 Å². The number of amides is 1. The van der Waals surface area contributed by atoms with E-state index in [1.165, 1.54) is 0 Å². The van der Waals surface area contributed by atoms with Crippen LogP contribution in [0.3, 0.4) is 0 Å². The molecule has 2 fully saturated rings. The Kier molecular flexibility index (Phi) is 12.0. The van der Waals surface area contributed by atoms with Crippen molar-refractivity contribution in [3.8, 4) is 16.9 Å². The van der Waals surface area contributed by atoms with Crippen LogP contribution in [0.1, 0.15) is 42.5 Å². The molecule has 3 heterocycles. The quantitative estimate of drug-likeness (QED) is 0.114. The van der Waals surface area contributed by atoms with E-state index in [1.54, 1.807) is 0 Å². The lowest BCUT2D eigenvalue weighted by Gasteiger charge is -2.35. The standard InChI is InChI=1S/C39H46F6N6O2/c1-26(2)53-36-7-4-3-6-31(36)33-25-51(13-5-10-48-37(52)34-22-46-11-12-47-34)35-9-8-27(20-32(33)35)23-49-14-16-50(17-15-49)24-28-18-29(38(40,41)42)21-30(19-28)39(43,44)45/h3-4,6-9,18-21,25-26,34,46-47H,5,10-17,22-24H2,1-2H3,(H,48,52). The molecule has 2 aliphatic heterocycles. The van der Waals surface area contributed by atoms with Crippen molar-refractivity contribution >= 4 is 16.8 Å². The molecule has 1 unspecified atom stereocenters. The summed E-state index contributed by atoms with van der Waals surface area (Å²) in [6, 6.07) is 15.9. The number of nitrogens with zero attached hydrogens (tertiary/aromatic N) is 3. The second kappa shape index (κ2) is 16.5. The number of ether oxygens (including phenoxy) is 1. The minimum atomic E-state index is -4.87. The smallest absolute Gasteiger partial charge is 0.416 e. The van der Waals surface area contributed by atoms with Crippen LogP contribution in [0.25, 0.3) is 22.0 Å². The minimum absolute atomic E-state index is 0.000109. The molecule has 14 heteroatoms. The number of benzene rings is 3. The van der Waals surface area contributed by atoms with E-state index < -0.39 is 23.5 Å². The van der Waals surface area contributed by atoms with Crippen LogP contribution >= 0.6 is 0 Å². The Morgan fingerprint density at radius 2 is 1.51 bits per heavy atom. The van der Waals surface area contributed by atoms with Crippen LogP contribution in [0.4, 0.5) is 26.3 Å². The normalized spacial score (nSPS) is 17.8. The summed E-state index contributed by atoms with van der Waals surface area (Å²) < 4.78 is 88.8. The van der Waals surface area contributed by atoms with Crippen molar-refractivity contribution in [1.82, 2.24) is 30.3 Å². The molecule has 1 amide bonds. The van der Waals surface area contributed by atoms with E-state index in [9.17, 15) is 31.1 Å². The number of para-hydroxylation sites is 1. The molecule has 286 valence electrons. The van der Waals surface area contributed by atoms with Crippen molar-refractivity contribution in [2.75, 3.05) is 52.4 Å². The van der Waals surface area contributed by atoms with Crippen LogP contribution < -0.4 is 20.7 Å². The van der Waals surface area contributed by atoms with Gasteiger partial charge in [-0.25, -0.2) is 0 Å². The average Bonchev–Trinajstić information content (AvgIpc) is 3.47. The summed E-state index contributed by atoms with van der Waals surface area (Å²) in [6.07, 6.45) is -6.88. The van der Waals surface area contributed by atoms with Gasteiger partial charge in [0.1, 0.15) is 5.75 Å². The van der Waals surface area contributed by atoms with Gasteiger partial charge in [0.15, 0.2) is 0 Å². The second-order valence-electron chi connectivity index (χ2n) is 14.1. The van der Waals surface area contributed by atoms with E-state index in [0.717, 1.165) is 65.0 Å². The average molecular weight is 745 g/mol. The number of rotatable bonds is 12. The minimum Gasteiger partial charge on any atom is -0.490 e. The maximum atomic E-state index is 13.4. The molecule has 8 nitrogen and oxygen atoms in total. The van der Waals surface area contributed by atoms with Gasteiger partial charge in [-0.3, -0.25) is 14.6 Å². The van der Waals surface area contributed by atoms with Crippen LogP contribution in [0.2, 0.25) is 0 Å². The van der Waals surface area contributed by atoms with Gasteiger partial charge >= 0.3 is 12.4 Å². The highest BCUT2D eigenvalue weighted by molar-refractivity contribution is 5.98. The van der Waals surface area contributed by atoms with Crippen LogP contribution in [0, 0.1) is 0 Å². The van der Waals surface area contributed by atoms with E-state index in [4.69, 9.17) is 4.74 Å². The molecule has 3 aromatic carbocycles. The Morgan fingerprint density at radius 1 is 0.849 bits per heavy atom. The Bertz CT molecular complexity index is 1830. The zero-order chi connectivity index (χ0) is 37.8. The van der Waals surface area contributed by atoms with Gasteiger partial charge in [-0.2, -0.15) is 26.3 Å². The van der Waals surface area contributed by atoms with Crippen molar-refractivity contribution < 1.29 is 35.9 Å². The summed E-state index contributed by atoms with van der Waals surface area (Å²) in [4.78, 5) is 16.8. The first kappa shape index (κ1) is 38.6. The van der Waals surface area contributed by atoms with E-state index in [2.05, 4.69) is 55.9 Å². The highest BCUT2D eigenvalue weighted by Crippen LogP contribution is 2.39. The lowest BCUT2D eigenvalue weighted by atomic mass is 10.0. The van der Waals surface area contributed by atoms with Crippen molar-refractivity contribution in [3.05, 3.63) is 89.1 Å². The Morgan fingerprint density at radius 3 is 2.13 bits per heavy atom. The van der Waals surface area contributed by atoms with Gasteiger partial charge in [0.25, 0.3) is 0 Å². The van der Waals surface area contributed by atoms with Crippen molar-refractivity contribution in [1.29, 1.82) is 0 Å². The molecule has 0 bridgehead atoms. The summed E-state index contributed by atoms with van der Waals surface area (Å²) in [5.74, 6) is 0.777. The molecule has 0 aliphatic carbocycles. The molecule has 6 rings (SSSR count). The third-order valence-corrected chi connectivity index (χ3v) is 9.64. The number of hydrogen-bond acceptors (Lipinski definition) is 6. The number of nitrogens with one attached hydrogen (secondary N) is 3. The predicted octanol–water partition coefficient (Wildman–Crippen LogP) is 6.52. The maximum Gasteiger partial charge on any atom is 0.416 e. The molecule has 1 aromatic heterocycles. The summed E-state index contributed by atoms with van der Waals surface area (Å²) in [5, 5.41) is 10.6. The van der Waals surface area contributed by atoms with Gasteiger partial charge in [-0.15, -0.1) is 0 Å². The van der Waals surface area contributed by atoms with E-state index in [0.29, 0.717) is 52.4 Å². The highest BCUT2D eigenvalue weighted by atomic mass is 19.4. The molecular formula is C39H46F6N6O2. The lowest BCUT2D eigenvalue weighted by molar-refractivity contribution is -0.143. The Labute approximate surface area is 305 Å². The third kappa shape index (κ3) is 9.91. The zero-order valence-corrected chi connectivity index (χ0v) is 29.9. The van der Waals surface area contributed by atoms with E-state index in [1.807, 2.05) is 36.9 Å². The first-order valence-electron chi connectivity index (χ1n) is 18.1. The number of carbonyl (C=O) groups excluding carboxylic acids is 1. The molecular weight excluding hydrogens is 698 g/mol. The largest absolute Gasteiger partial charge is 0.490 e. The number of alkyl halides is 6. The molecule has 1 atom stereocenters. The fourth-order valence-electron chi connectivity index (χ4n) is 7.04. The van der Waals surface area contributed by atoms with Crippen molar-refractivity contribution in [2.24, 2.45) is 0 Å². The number of piperazine rings is 2. The number of fused-ring (bicyclic) bond motifs is 1. The number of halogens is 6. The third-order valence-electron chi connectivity index (χ3n) is 9.64. The first-order valence-corrected chi connectivity index (χ1v) is 18.1. The van der Waals surface area contributed by atoms with Crippen LogP contribution in [-0.2, 0) is 36.8 Å².